The molecule has 0 fully saturated rings. The summed E-state index contributed by atoms with van der Waals surface area (Å²) in [6.45, 7) is 0. The lowest BCUT2D eigenvalue weighted by molar-refractivity contribution is 0.0998. The molecule has 0 atom stereocenters. The second-order valence-electron chi connectivity index (χ2n) is 4.36. The highest BCUT2D eigenvalue weighted by molar-refractivity contribution is 6.02. The normalized spacial score (nSPS) is 10.2. The van der Waals surface area contributed by atoms with Crippen LogP contribution in [0.15, 0.2) is 36.5 Å². The molecule has 0 aliphatic rings. The minimum Gasteiger partial charge on any atom is -0.507 e. The maximum Gasteiger partial charge on any atom is 0.253 e. The molecule has 2 rings (SSSR count). The molecule has 3 N–H and O–H groups in total. The second-order valence-corrected chi connectivity index (χ2v) is 4.36. The molecule has 1 heterocycles. The van der Waals surface area contributed by atoms with Crippen molar-refractivity contribution >= 4 is 11.6 Å². The Kier molecular flexibility index (Phi) is 3.37. The Morgan fingerprint density at radius 1 is 1.32 bits per heavy atom. The number of amides is 1. The number of phenols is 1. The molecule has 0 radical (unpaired) electrons. The lowest BCUT2D eigenvalue weighted by Crippen LogP contribution is -2.13. The van der Waals surface area contributed by atoms with Crippen molar-refractivity contribution in [1.29, 1.82) is 0 Å². The summed E-state index contributed by atoms with van der Waals surface area (Å²) in [5, 5.41) is 9.76. The van der Waals surface area contributed by atoms with Gasteiger partial charge in [-0.05, 0) is 18.2 Å². The van der Waals surface area contributed by atoms with E-state index in [0.29, 0.717) is 11.3 Å². The van der Waals surface area contributed by atoms with Crippen molar-refractivity contribution < 1.29 is 9.90 Å². The van der Waals surface area contributed by atoms with Crippen LogP contribution in [0, 0.1) is 0 Å². The number of nitrogens with two attached hydrogens (primary N) is 1. The highest BCUT2D eigenvalue weighted by Crippen LogP contribution is 2.29. The number of primary amides is 1. The molecule has 0 unspecified atom stereocenters. The Bertz CT molecular complexity index is 624. The van der Waals surface area contributed by atoms with Gasteiger partial charge in [-0.2, -0.15) is 0 Å². The van der Waals surface area contributed by atoms with Gasteiger partial charge in [-0.25, -0.2) is 0 Å². The molecule has 5 nitrogen and oxygen atoms in total. The highest BCUT2D eigenvalue weighted by atomic mass is 16.3. The number of benzene rings is 1. The minimum absolute atomic E-state index is 0.0888. The quantitative estimate of drug-likeness (QED) is 0.875. The van der Waals surface area contributed by atoms with Crippen LogP contribution in [-0.4, -0.2) is 30.1 Å². The van der Waals surface area contributed by atoms with Crippen molar-refractivity contribution in [3.05, 3.63) is 42.1 Å². The molecule has 0 spiro atoms. The van der Waals surface area contributed by atoms with Gasteiger partial charge in [0.2, 0.25) is 0 Å². The van der Waals surface area contributed by atoms with Crippen LogP contribution in [0.4, 0.5) is 5.69 Å². The Labute approximate surface area is 111 Å². The fourth-order valence-corrected chi connectivity index (χ4v) is 1.86. The standard InChI is InChI=1S/C14H15N3O2/c1-17(2)9-6-7-16-11(8-9)10-4-3-5-12(18)13(10)14(15)19/h3-8,18H,1-2H3,(H2,15,19). The molecule has 5 heteroatoms. The van der Waals surface area contributed by atoms with Crippen LogP contribution in [0.25, 0.3) is 11.3 Å². The van der Waals surface area contributed by atoms with Gasteiger partial charge in [0.15, 0.2) is 0 Å². The average Bonchev–Trinajstić information content (AvgIpc) is 2.38. The number of nitrogens with zero attached hydrogens (tertiary/aromatic N) is 2. The number of aromatic hydroxyl groups is 1. The molecule has 0 aliphatic carbocycles. The molecule has 19 heavy (non-hydrogen) atoms. The molecule has 1 amide bonds. The first-order valence-corrected chi connectivity index (χ1v) is 5.76. The van der Waals surface area contributed by atoms with Gasteiger partial charge >= 0.3 is 0 Å². The molecular formula is C14H15N3O2. The zero-order valence-electron chi connectivity index (χ0n) is 10.8. The lowest BCUT2D eigenvalue weighted by Gasteiger charge is -2.14. The SMILES string of the molecule is CN(C)c1ccnc(-c2cccc(O)c2C(N)=O)c1. The van der Waals surface area contributed by atoms with Crippen molar-refractivity contribution in [3.63, 3.8) is 0 Å². The van der Waals surface area contributed by atoms with Crippen LogP contribution >= 0.6 is 0 Å². The van der Waals surface area contributed by atoms with E-state index in [2.05, 4.69) is 4.98 Å². The van der Waals surface area contributed by atoms with Gasteiger partial charge in [-0.1, -0.05) is 12.1 Å². The van der Waals surface area contributed by atoms with Crippen LogP contribution in [0.1, 0.15) is 10.4 Å². The summed E-state index contributed by atoms with van der Waals surface area (Å²) in [5.74, 6) is -0.813. The number of hydrogen-bond donors (Lipinski definition) is 2. The maximum absolute atomic E-state index is 11.5. The third-order valence-electron chi connectivity index (χ3n) is 2.82. The molecule has 0 saturated heterocycles. The summed E-state index contributed by atoms with van der Waals surface area (Å²) < 4.78 is 0. The van der Waals surface area contributed by atoms with Crippen LogP contribution < -0.4 is 10.6 Å². The summed E-state index contributed by atoms with van der Waals surface area (Å²) in [4.78, 5) is 17.6. The number of rotatable bonds is 3. The predicted molar refractivity (Wildman–Crippen MR) is 74.2 cm³/mol. The van der Waals surface area contributed by atoms with Crippen LogP contribution in [0.3, 0.4) is 0 Å². The molecule has 0 bridgehead atoms. The summed E-state index contributed by atoms with van der Waals surface area (Å²) in [6.07, 6.45) is 1.65. The van der Waals surface area contributed by atoms with Gasteiger partial charge in [-0.15, -0.1) is 0 Å². The first-order valence-electron chi connectivity index (χ1n) is 5.76. The predicted octanol–water partition coefficient (Wildman–Crippen LogP) is 1.62. The molecular weight excluding hydrogens is 242 g/mol. The topological polar surface area (TPSA) is 79.4 Å². The summed E-state index contributed by atoms with van der Waals surface area (Å²) in [5.41, 5.74) is 7.47. The van der Waals surface area contributed by atoms with Crippen molar-refractivity contribution in [2.24, 2.45) is 5.73 Å². The Hall–Kier alpha value is -2.56. The Balaban J connectivity index is 2.62. The van der Waals surface area contributed by atoms with Crippen molar-refractivity contribution in [2.45, 2.75) is 0 Å². The number of carbonyl (C=O) groups is 1. The van der Waals surface area contributed by atoms with Gasteiger partial charge in [0, 0.05) is 31.5 Å². The van der Waals surface area contributed by atoms with Gasteiger partial charge in [0.25, 0.3) is 5.91 Å². The van der Waals surface area contributed by atoms with Crippen molar-refractivity contribution in [2.75, 3.05) is 19.0 Å². The first kappa shape index (κ1) is 12.9. The summed E-state index contributed by atoms with van der Waals surface area (Å²) in [6, 6.07) is 8.49. The molecule has 1 aromatic heterocycles. The second kappa shape index (κ2) is 4.97. The zero-order valence-corrected chi connectivity index (χ0v) is 10.8. The molecule has 98 valence electrons. The zero-order chi connectivity index (χ0) is 14.0. The Morgan fingerprint density at radius 3 is 2.68 bits per heavy atom. The number of anilines is 1. The number of pyridine rings is 1. The largest absolute Gasteiger partial charge is 0.507 e. The fraction of sp³-hybridized carbons (Fsp3) is 0.143. The monoisotopic (exact) mass is 257 g/mol. The van der Waals surface area contributed by atoms with E-state index in [0.717, 1.165) is 5.69 Å². The first-order chi connectivity index (χ1) is 9.00. The van der Waals surface area contributed by atoms with E-state index in [9.17, 15) is 9.90 Å². The number of hydrogen-bond acceptors (Lipinski definition) is 4. The van der Waals surface area contributed by atoms with E-state index >= 15 is 0 Å². The van der Waals surface area contributed by atoms with Crippen molar-refractivity contribution in [1.82, 2.24) is 4.98 Å². The van der Waals surface area contributed by atoms with E-state index in [1.807, 2.05) is 31.1 Å². The van der Waals surface area contributed by atoms with Crippen molar-refractivity contribution in [3.8, 4) is 17.0 Å². The summed E-state index contributed by atoms with van der Waals surface area (Å²) in [7, 11) is 3.83. The van der Waals surface area contributed by atoms with Gasteiger partial charge in [0.05, 0.1) is 11.3 Å². The van der Waals surface area contributed by atoms with E-state index in [-0.39, 0.29) is 11.3 Å². The molecule has 2 aromatic rings. The maximum atomic E-state index is 11.5. The lowest BCUT2D eigenvalue weighted by atomic mass is 10.0. The van der Waals surface area contributed by atoms with E-state index in [4.69, 9.17) is 5.73 Å². The van der Waals surface area contributed by atoms with Gasteiger partial charge in [-0.3, -0.25) is 9.78 Å². The van der Waals surface area contributed by atoms with Gasteiger partial charge < -0.3 is 15.7 Å². The molecule has 1 aromatic carbocycles. The minimum atomic E-state index is -0.676. The molecule has 0 saturated carbocycles. The highest BCUT2D eigenvalue weighted by Gasteiger charge is 2.15. The number of carbonyl (C=O) groups excluding carboxylic acids is 1. The summed E-state index contributed by atoms with van der Waals surface area (Å²) >= 11 is 0. The Morgan fingerprint density at radius 2 is 2.05 bits per heavy atom. The van der Waals surface area contributed by atoms with Crippen LogP contribution in [0.2, 0.25) is 0 Å². The molecule has 0 aliphatic heterocycles. The fourth-order valence-electron chi connectivity index (χ4n) is 1.86. The number of aromatic nitrogens is 1. The smallest absolute Gasteiger partial charge is 0.253 e. The third-order valence-corrected chi connectivity index (χ3v) is 2.82. The van der Waals surface area contributed by atoms with Crippen LogP contribution in [0.5, 0.6) is 5.75 Å². The van der Waals surface area contributed by atoms with E-state index in [1.54, 1.807) is 18.3 Å². The van der Waals surface area contributed by atoms with E-state index in [1.165, 1.54) is 6.07 Å². The van der Waals surface area contributed by atoms with Gasteiger partial charge in [0.1, 0.15) is 5.75 Å². The van der Waals surface area contributed by atoms with E-state index < -0.39 is 5.91 Å². The average molecular weight is 257 g/mol. The van der Waals surface area contributed by atoms with Crippen LogP contribution in [-0.2, 0) is 0 Å². The third kappa shape index (κ3) is 2.49.